The first-order valence-electron chi connectivity index (χ1n) is 6.64. The summed E-state index contributed by atoms with van der Waals surface area (Å²) in [5, 5.41) is 13.8. The summed E-state index contributed by atoms with van der Waals surface area (Å²) in [6, 6.07) is -1.55. The summed E-state index contributed by atoms with van der Waals surface area (Å²) in [6.07, 6.45) is 5.82. The fourth-order valence-corrected chi connectivity index (χ4v) is 1.86. The van der Waals surface area contributed by atoms with Crippen LogP contribution in [0.3, 0.4) is 0 Å². The Bertz CT molecular complexity index is 361. The van der Waals surface area contributed by atoms with Crippen molar-refractivity contribution in [1.82, 2.24) is 15.5 Å². The number of carbonyl (C=O) groups is 2. The van der Waals surface area contributed by atoms with Crippen LogP contribution in [0, 0.1) is 12.3 Å². The van der Waals surface area contributed by atoms with Gasteiger partial charge in [0.2, 0.25) is 0 Å². The summed E-state index contributed by atoms with van der Waals surface area (Å²) in [4.78, 5) is 24.6. The zero-order valence-electron chi connectivity index (χ0n) is 11.4. The molecule has 3 N–H and O–H groups in total. The Balaban J connectivity index is 2.12. The van der Waals surface area contributed by atoms with Crippen LogP contribution in [0.25, 0.3) is 0 Å². The van der Waals surface area contributed by atoms with Gasteiger partial charge in [0.15, 0.2) is 0 Å². The second-order valence-corrected chi connectivity index (χ2v) is 4.51. The van der Waals surface area contributed by atoms with Crippen molar-refractivity contribution in [1.29, 1.82) is 0 Å². The van der Waals surface area contributed by atoms with Gasteiger partial charge in [0, 0.05) is 26.1 Å². The molecule has 0 bridgehead atoms. The third kappa shape index (κ3) is 6.41. The number of ether oxygens (including phenoxy) is 1. The Labute approximate surface area is 118 Å². The highest BCUT2D eigenvalue weighted by atomic mass is 16.5. The van der Waals surface area contributed by atoms with Crippen molar-refractivity contribution in [2.75, 3.05) is 39.4 Å². The number of hydrogen-bond donors (Lipinski definition) is 3. The zero-order chi connectivity index (χ0) is 14.8. The molecule has 0 spiro atoms. The van der Waals surface area contributed by atoms with Gasteiger partial charge in [-0.25, -0.2) is 9.59 Å². The van der Waals surface area contributed by atoms with Gasteiger partial charge in [-0.3, -0.25) is 4.90 Å². The van der Waals surface area contributed by atoms with E-state index in [0.29, 0.717) is 6.54 Å². The van der Waals surface area contributed by atoms with E-state index in [1.54, 1.807) is 0 Å². The second kappa shape index (κ2) is 9.18. The number of carbonyl (C=O) groups excluding carboxylic acids is 1. The molecule has 7 nitrogen and oxygen atoms in total. The molecule has 1 aliphatic rings. The van der Waals surface area contributed by atoms with Crippen LogP contribution in [0.5, 0.6) is 0 Å². The molecule has 1 heterocycles. The van der Waals surface area contributed by atoms with Crippen molar-refractivity contribution >= 4 is 12.0 Å². The Hall–Kier alpha value is -1.78. The summed E-state index contributed by atoms with van der Waals surface area (Å²) < 4.78 is 5.24. The molecule has 1 atom stereocenters. The summed E-state index contributed by atoms with van der Waals surface area (Å²) in [5.74, 6) is 1.09. The molecule has 0 aromatic heterocycles. The summed E-state index contributed by atoms with van der Waals surface area (Å²) in [6.45, 7) is 4.70. The van der Waals surface area contributed by atoms with Gasteiger partial charge in [-0.2, -0.15) is 0 Å². The lowest BCUT2D eigenvalue weighted by molar-refractivity contribution is -0.139. The topological polar surface area (TPSA) is 90.9 Å². The molecule has 1 fully saturated rings. The van der Waals surface area contributed by atoms with Crippen molar-refractivity contribution in [3.05, 3.63) is 0 Å². The molecule has 112 valence electrons. The Morgan fingerprint density at radius 3 is 2.70 bits per heavy atom. The lowest BCUT2D eigenvalue weighted by Crippen LogP contribution is -2.46. The second-order valence-electron chi connectivity index (χ2n) is 4.51. The smallest absolute Gasteiger partial charge is 0.327 e. The molecule has 0 saturated carbocycles. The van der Waals surface area contributed by atoms with E-state index >= 15 is 0 Å². The van der Waals surface area contributed by atoms with Gasteiger partial charge in [0.1, 0.15) is 6.04 Å². The molecule has 0 aliphatic carbocycles. The molecule has 20 heavy (non-hydrogen) atoms. The molecule has 1 aliphatic heterocycles. The maximum absolute atomic E-state index is 11.5. The molecule has 1 rings (SSSR count). The highest BCUT2D eigenvalue weighted by Crippen LogP contribution is 1.97. The van der Waals surface area contributed by atoms with E-state index in [1.807, 2.05) is 0 Å². The molecule has 0 aromatic carbocycles. The SMILES string of the molecule is C#CCC(NC(=O)NCCCN1CCOCC1)C(=O)O. The van der Waals surface area contributed by atoms with Crippen molar-refractivity contribution in [2.45, 2.75) is 18.9 Å². The number of amides is 2. The largest absolute Gasteiger partial charge is 0.480 e. The van der Waals surface area contributed by atoms with E-state index in [-0.39, 0.29) is 6.42 Å². The molecule has 1 saturated heterocycles. The van der Waals surface area contributed by atoms with Crippen molar-refractivity contribution in [2.24, 2.45) is 0 Å². The number of morpholine rings is 1. The van der Waals surface area contributed by atoms with E-state index in [1.165, 1.54) is 0 Å². The van der Waals surface area contributed by atoms with Crippen LogP contribution in [0.2, 0.25) is 0 Å². The van der Waals surface area contributed by atoms with E-state index in [0.717, 1.165) is 39.3 Å². The van der Waals surface area contributed by atoms with E-state index in [2.05, 4.69) is 21.5 Å². The maximum atomic E-state index is 11.5. The Kier molecular flexibility index (Phi) is 7.47. The fourth-order valence-electron chi connectivity index (χ4n) is 1.86. The third-order valence-corrected chi connectivity index (χ3v) is 2.97. The van der Waals surface area contributed by atoms with Crippen LogP contribution in [-0.4, -0.2) is 67.4 Å². The van der Waals surface area contributed by atoms with E-state index in [4.69, 9.17) is 16.3 Å². The molecular weight excluding hydrogens is 262 g/mol. The normalized spacial score (nSPS) is 16.9. The van der Waals surface area contributed by atoms with Crippen LogP contribution >= 0.6 is 0 Å². The van der Waals surface area contributed by atoms with Crippen molar-refractivity contribution in [3.63, 3.8) is 0 Å². The third-order valence-electron chi connectivity index (χ3n) is 2.97. The molecule has 7 heteroatoms. The monoisotopic (exact) mass is 283 g/mol. The lowest BCUT2D eigenvalue weighted by Gasteiger charge is -2.26. The minimum absolute atomic E-state index is 0.0312. The molecule has 1 unspecified atom stereocenters. The molecule has 0 aromatic rings. The fraction of sp³-hybridized carbons (Fsp3) is 0.692. The van der Waals surface area contributed by atoms with Crippen LogP contribution in [0.4, 0.5) is 4.79 Å². The predicted molar refractivity (Wildman–Crippen MR) is 73.3 cm³/mol. The lowest BCUT2D eigenvalue weighted by atomic mass is 10.2. The van der Waals surface area contributed by atoms with Gasteiger partial charge in [-0.15, -0.1) is 12.3 Å². The zero-order valence-corrected chi connectivity index (χ0v) is 11.4. The van der Waals surface area contributed by atoms with Crippen LogP contribution in [0.1, 0.15) is 12.8 Å². The van der Waals surface area contributed by atoms with Crippen molar-refractivity contribution in [3.8, 4) is 12.3 Å². The summed E-state index contributed by atoms with van der Waals surface area (Å²) in [7, 11) is 0. The van der Waals surface area contributed by atoms with Crippen molar-refractivity contribution < 1.29 is 19.4 Å². The number of hydrogen-bond acceptors (Lipinski definition) is 4. The summed E-state index contributed by atoms with van der Waals surface area (Å²) >= 11 is 0. The number of terminal acetylenes is 1. The maximum Gasteiger partial charge on any atom is 0.327 e. The Morgan fingerprint density at radius 2 is 2.10 bits per heavy atom. The first-order chi connectivity index (χ1) is 9.63. The van der Waals surface area contributed by atoms with Crippen LogP contribution in [0.15, 0.2) is 0 Å². The van der Waals surface area contributed by atoms with Crippen LogP contribution in [-0.2, 0) is 9.53 Å². The summed E-state index contributed by atoms with van der Waals surface area (Å²) in [5.41, 5.74) is 0. The van der Waals surface area contributed by atoms with E-state index in [9.17, 15) is 9.59 Å². The van der Waals surface area contributed by atoms with Gasteiger partial charge < -0.3 is 20.5 Å². The Morgan fingerprint density at radius 1 is 1.40 bits per heavy atom. The van der Waals surface area contributed by atoms with Gasteiger partial charge in [-0.1, -0.05) is 0 Å². The average molecular weight is 283 g/mol. The van der Waals surface area contributed by atoms with E-state index < -0.39 is 18.0 Å². The van der Waals surface area contributed by atoms with Gasteiger partial charge in [-0.05, 0) is 13.0 Å². The first kappa shape index (κ1) is 16.3. The number of rotatable bonds is 7. The highest BCUT2D eigenvalue weighted by Gasteiger charge is 2.18. The number of carboxylic acids is 1. The van der Waals surface area contributed by atoms with Gasteiger partial charge in [0.05, 0.1) is 13.2 Å². The minimum Gasteiger partial charge on any atom is -0.480 e. The number of nitrogens with one attached hydrogen (secondary N) is 2. The van der Waals surface area contributed by atoms with Gasteiger partial charge >= 0.3 is 12.0 Å². The highest BCUT2D eigenvalue weighted by molar-refractivity contribution is 5.82. The number of carboxylic acid groups (broad SMARTS) is 1. The predicted octanol–water partition coefficient (Wildman–Crippen LogP) is -0.516. The first-order valence-corrected chi connectivity index (χ1v) is 6.64. The molecular formula is C13H21N3O4. The average Bonchev–Trinajstić information content (AvgIpc) is 2.44. The molecule has 0 radical (unpaired) electrons. The molecule has 2 amide bonds. The number of nitrogens with zero attached hydrogens (tertiary/aromatic N) is 1. The quantitative estimate of drug-likeness (QED) is 0.432. The number of urea groups is 1. The number of aliphatic carboxylic acids is 1. The van der Waals surface area contributed by atoms with Crippen LogP contribution < -0.4 is 10.6 Å². The minimum atomic E-state index is -1.13. The van der Waals surface area contributed by atoms with Gasteiger partial charge in [0.25, 0.3) is 0 Å². The standard InChI is InChI=1S/C13H21N3O4/c1-2-4-11(12(17)18)15-13(19)14-5-3-6-16-7-9-20-10-8-16/h1,11H,3-10H2,(H,17,18)(H2,14,15,19).